The number of hydrogen-bond acceptors (Lipinski definition) is 5. The van der Waals surface area contributed by atoms with E-state index in [0.717, 1.165) is 28.7 Å². The molecule has 5 rings (SSSR count). The molecule has 158 valence electrons. The summed E-state index contributed by atoms with van der Waals surface area (Å²) in [7, 11) is 0. The number of carbonyl (C=O) groups excluding carboxylic acids is 1. The van der Waals surface area contributed by atoms with Crippen LogP contribution in [0.25, 0.3) is 22.1 Å². The fourth-order valence-corrected chi connectivity index (χ4v) is 4.75. The number of piperidine rings is 2. The minimum atomic E-state index is -0.173. The predicted molar refractivity (Wildman–Crippen MR) is 112 cm³/mol. The maximum atomic E-state index is 13.1. The molecule has 2 aliphatic heterocycles. The summed E-state index contributed by atoms with van der Waals surface area (Å²) in [6.45, 7) is 4.40. The van der Waals surface area contributed by atoms with Crippen LogP contribution in [0.3, 0.4) is 0 Å². The van der Waals surface area contributed by atoms with E-state index in [1.54, 1.807) is 6.20 Å². The monoisotopic (exact) mass is 411 g/mol. The lowest BCUT2D eigenvalue weighted by atomic mass is 9.93. The van der Waals surface area contributed by atoms with E-state index >= 15 is 0 Å². The van der Waals surface area contributed by atoms with E-state index in [9.17, 15) is 9.59 Å². The minimum Gasteiger partial charge on any atom is -0.411 e. The SMILES string of the molecule is C[C@@H]1CCN(C(=O)N2CCC(=NO)CC2)C[C@@H]1n1c(=O)[nH]c2cnc3[nH]ccc3c21. The number of likely N-dealkylation sites (tertiary alicyclic amines) is 2. The van der Waals surface area contributed by atoms with Gasteiger partial charge in [-0.05, 0) is 18.4 Å². The molecule has 2 fully saturated rings. The van der Waals surface area contributed by atoms with Gasteiger partial charge in [-0.2, -0.15) is 0 Å². The van der Waals surface area contributed by atoms with Crippen molar-refractivity contribution in [1.82, 2.24) is 29.3 Å². The number of nitrogens with zero attached hydrogens (tertiary/aromatic N) is 5. The Kier molecular flexibility index (Phi) is 4.48. The van der Waals surface area contributed by atoms with Crippen LogP contribution in [0, 0.1) is 5.92 Å². The van der Waals surface area contributed by atoms with Crippen molar-refractivity contribution >= 4 is 33.8 Å². The third kappa shape index (κ3) is 2.94. The van der Waals surface area contributed by atoms with E-state index in [2.05, 4.69) is 27.0 Å². The van der Waals surface area contributed by atoms with E-state index in [1.165, 1.54) is 0 Å². The molecule has 2 atom stereocenters. The van der Waals surface area contributed by atoms with Crippen LogP contribution in [0.15, 0.2) is 28.4 Å². The molecule has 2 amide bonds. The number of imidazole rings is 1. The number of fused-ring (bicyclic) bond motifs is 3. The molecule has 3 N–H and O–H groups in total. The van der Waals surface area contributed by atoms with Crippen LogP contribution in [0.5, 0.6) is 0 Å². The van der Waals surface area contributed by atoms with Gasteiger partial charge in [-0.1, -0.05) is 12.1 Å². The van der Waals surface area contributed by atoms with Gasteiger partial charge >= 0.3 is 11.7 Å². The number of H-pyrrole nitrogens is 2. The number of carbonyl (C=O) groups is 1. The normalized spacial score (nSPS) is 22.8. The number of aromatic nitrogens is 4. The number of rotatable bonds is 1. The van der Waals surface area contributed by atoms with Crippen molar-refractivity contribution in [3.8, 4) is 0 Å². The van der Waals surface area contributed by atoms with Crippen molar-refractivity contribution in [2.75, 3.05) is 26.2 Å². The van der Waals surface area contributed by atoms with Crippen LogP contribution in [-0.2, 0) is 0 Å². The third-order valence-corrected chi connectivity index (χ3v) is 6.53. The van der Waals surface area contributed by atoms with Crippen molar-refractivity contribution in [2.45, 2.75) is 32.2 Å². The molecule has 10 heteroatoms. The molecule has 0 spiro atoms. The molecule has 5 heterocycles. The predicted octanol–water partition coefficient (Wildman–Crippen LogP) is 2.13. The van der Waals surface area contributed by atoms with Crippen molar-refractivity contribution in [1.29, 1.82) is 0 Å². The Bertz CT molecular complexity index is 1180. The number of pyridine rings is 1. The quantitative estimate of drug-likeness (QED) is 0.419. The second-order valence-corrected chi connectivity index (χ2v) is 8.28. The summed E-state index contributed by atoms with van der Waals surface area (Å²) < 4.78 is 1.81. The molecule has 3 aromatic rings. The van der Waals surface area contributed by atoms with Gasteiger partial charge in [-0.3, -0.25) is 4.57 Å². The molecule has 30 heavy (non-hydrogen) atoms. The summed E-state index contributed by atoms with van der Waals surface area (Å²) in [4.78, 5) is 40.1. The summed E-state index contributed by atoms with van der Waals surface area (Å²) in [5, 5.41) is 13.1. The van der Waals surface area contributed by atoms with Crippen molar-refractivity contribution < 1.29 is 10.0 Å². The maximum absolute atomic E-state index is 13.1. The van der Waals surface area contributed by atoms with E-state index in [-0.39, 0.29) is 23.7 Å². The molecule has 2 saturated heterocycles. The summed E-state index contributed by atoms with van der Waals surface area (Å²) in [6, 6.07) is 1.80. The fourth-order valence-electron chi connectivity index (χ4n) is 4.75. The standard InChI is InChI=1S/C20H25N7O3/c1-12-3-7-26(20(29)25-8-4-13(24-30)5-9-25)11-16(12)27-17-14-2-6-21-18(14)22-10-15(17)23-19(27)28/h2,6,10,12,16,30H,3-5,7-9,11H2,1H3,(H,21,22)(H,23,28)/t12-,16+/m1/s1. The Morgan fingerprint density at radius 3 is 2.83 bits per heavy atom. The number of oxime groups is 1. The Morgan fingerprint density at radius 1 is 1.27 bits per heavy atom. The van der Waals surface area contributed by atoms with E-state index < -0.39 is 0 Å². The van der Waals surface area contributed by atoms with Crippen LogP contribution in [0.4, 0.5) is 4.79 Å². The van der Waals surface area contributed by atoms with Gasteiger partial charge in [0.15, 0.2) is 0 Å². The fraction of sp³-hybridized carbons (Fsp3) is 0.500. The number of urea groups is 1. The first-order chi connectivity index (χ1) is 14.6. The Morgan fingerprint density at radius 2 is 2.07 bits per heavy atom. The molecular formula is C20H25N7O3. The smallest absolute Gasteiger partial charge is 0.326 e. The van der Waals surface area contributed by atoms with Gasteiger partial charge in [0.05, 0.1) is 29.0 Å². The lowest BCUT2D eigenvalue weighted by Crippen LogP contribution is -2.52. The van der Waals surface area contributed by atoms with Gasteiger partial charge in [-0.25, -0.2) is 14.6 Å². The van der Waals surface area contributed by atoms with Crippen LogP contribution < -0.4 is 5.69 Å². The molecule has 0 radical (unpaired) electrons. The van der Waals surface area contributed by atoms with E-state index in [1.807, 2.05) is 26.6 Å². The molecule has 0 aliphatic carbocycles. The Balaban J connectivity index is 1.46. The summed E-state index contributed by atoms with van der Waals surface area (Å²) in [6.07, 6.45) is 5.51. The number of aromatic amines is 2. The van der Waals surface area contributed by atoms with Crippen LogP contribution in [-0.4, -0.2) is 72.4 Å². The maximum Gasteiger partial charge on any atom is 0.326 e. The molecule has 2 aliphatic rings. The topological polar surface area (TPSA) is 123 Å². The molecule has 0 unspecified atom stereocenters. The molecule has 0 bridgehead atoms. The van der Waals surface area contributed by atoms with Gasteiger partial charge in [0, 0.05) is 50.6 Å². The van der Waals surface area contributed by atoms with E-state index in [4.69, 9.17) is 5.21 Å². The highest BCUT2D eigenvalue weighted by atomic mass is 16.4. The largest absolute Gasteiger partial charge is 0.411 e. The van der Waals surface area contributed by atoms with Crippen molar-refractivity contribution in [3.05, 3.63) is 28.9 Å². The van der Waals surface area contributed by atoms with E-state index in [0.29, 0.717) is 44.5 Å². The molecular weight excluding hydrogens is 386 g/mol. The number of hydrogen-bond donors (Lipinski definition) is 3. The van der Waals surface area contributed by atoms with Crippen LogP contribution in [0.1, 0.15) is 32.2 Å². The molecule has 0 saturated carbocycles. The number of amides is 2. The number of nitrogens with one attached hydrogen (secondary N) is 2. The lowest BCUT2D eigenvalue weighted by molar-refractivity contribution is 0.111. The van der Waals surface area contributed by atoms with Gasteiger partial charge in [0.25, 0.3) is 0 Å². The zero-order valence-electron chi connectivity index (χ0n) is 16.8. The van der Waals surface area contributed by atoms with Crippen LogP contribution in [0.2, 0.25) is 0 Å². The highest BCUT2D eigenvalue weighted by Crippen LogP contribution is 2.32. The highest BCUT2D eigenvalue weighted by Gasteiger charge is 2.34. The first kappa shape index (κ1) is 18.7. The van der Waals surface area contributed by atoms with Gasteiger partial charge in [0.1, 0.15) is 5.65 Å². The molecule has 0 aromatic carbocycles. The zero-order chi connectivity index (χ0) is 20.8. The minimum absolute atomic E-state index is 0.00904. The summed E-state index contributed by atoms with van der Waals surface area (Å²) in [5.74, 6) is 0.252. The first-order valence-corrected chi connectivity index (χ1v) is 10.4. The molecule has 10 nitrogen and oxygen atoms in total. The second kappa shape index (κ2) is 7.19. The Labute approximate surface area is 172 Å². The van der Waals surface area contributed by atoms with Crippen molar-refractivity contribution in [2.24, 2.45) is 11.1 Å². The second-order valence-electron chi connectivity index (χ2n) is 8.28. The summed E-state index contributed by atoms with van der Waals surface area (Å²) >= 11 is 0. The zero-order valence-corrected chi connectivity index (χ0v) is 16.8. The average molecular weight is 411 g/mol. The summed E-state index contributed by atoms with van der Waals surface area (Å²) in [5.41, 5.74) is 2.84. The Hall–Kier alpha value is -3.30. The van der Waals surface area contributed by atoms with Crippen LogP contribution >= 0.6 is 0 Å². The van der Waals surface area contributed by atoms with Gasteiger partial charge in [-0.15, -0.1) is 0 Å². The third-order valence-electron chi connectivity index (χ3n) is 6.53. The average Bonchev–Trinajstić information content (AvgIpc) is 3.37. The lowest BCUT2D eigenvalue weighted by Gasteiger charge is -2.40. The first-order valence-electron chi connectivity index (χ1n) is 10.4. The molecule has 3 aromatic heterocycles. The van der Waals surface area contributed by atoms with Crippen molar-refractivity contribution in [3.63, 3.8) is 0 Å². The highest BCUT2D eigenvalue weighted by molar-refractivity contribution is 6.01. The van der Waals surface area contributed by atoms with Gasteiger partial charge < -0.3 is 25.0 Å². The van der Waals surface area contributed by atoms with Gasteiger partial charge in [0.2, 0.25) is 0 Å².